The molecule has 0 N–H and O–H groups in total. The summed E-state index contributed by atoms with van der Waals surface area (Å²) in [6, 6.07) is 4.34. The van der Waals surface area contributed by atoms with E-state index in [1.54, 1.807) is 6.92 Å². The summed E-state index contributed by atoms with van der Waals surface area (Å²) in [7, 11) is 0. The molecule has 0 bridgehead atoms. The van der Waals surface area contributed by atoms with Crippen LogP contribution in [0.1, 0.15) is 56.7 Å². The van der Waals surface area contributed by atoms with Crippen LogP contribution < -0.4 is 0 Å². The topological polar surface area (TPSA) is 26.3 Å². The van der Waals surface area contributed by atoms with Crippen molar-refractivity contribution in [2.24, 2.45) is 0 Å². The maximum Gasteiger partial charge on any atom is 0.333 e. The van der Waals surface area contributed by atoms with Gasteiger partial charge in [0.1, 0.15) is 0 Å². The summed E-state index contributed by atoms with van der Waals surface area (Å²) in [4.78, 5) is 12.6. The van der Waals surface area contributed by atoms with E-state index in [0.717, 1.165) is 12.8 Å². The van der Waals surface area contributed by atoms with Gasteiger partial charge in [-0.15, -0.1) is 11.3 Å². The van der Waals surface area contributed by atoms with E-state index in [2.05, 4.69) is 24.1 Å². The highest BCUT2D eigenvalue weighted by molar-refractivity contribution is 7.09. The molecule has 0 spiro atoms. The fourth-order valence-corrected chi connectivity index (χ4v) is 2.78. The quantitative estimate of drug-likeness (QED) is 0.321. The van der Waals surface area contributed by atoms with Crippen LogP contribution in [0.5, 0.6) is 0 Å². The normalized spacial score (nSPS) is 10.4. The van der Waals surface area contributed by atoms with E-state index in [9.17, 15) is 4.79 Å². The van der Waals surface area contributed by atoms with Gasteiger partial charge >= 0.3 is 5.97 Å². The van der Waals surface area contributed by atoms with Gasteiger partial charge in [-0.2, -0.15) is 0 Å². The van der Waals surface area contributed by atoms with E-state index >= 15 is 0 Å². The van der Waals surface area contributed by atoms with E-state index in [0.29, 0.717) is 12.2 Å². The van der Waals surface area contributed by atoms with Crippen LogP contribution in [-0.2, 0) is 16.0 Å². The van der Waals surface area contributed by atoms with Crippen molar-refractivity contribution >= 4 is 17.3 Å². The number of esters is 1. The molecule has 0 aliphatic heterocycles. The average molecular weight is 294 g/mol. The lowest BCUT2D eigenvalue weighted by Gasteiger charge is -2.04. The van der Waals surface area contributed by atoms with Gasteiger partial charge in [-0.1, -0.05) is 44.7 Å². The molecule has 2 nitrogen and oxygen atoms in total. The smallest absolute Gasteiger partial charge is 0.333 e. The zero-order chi connectivity index (χ0) is 14.6. The van der Waals surface area contributed by atoms with Crippen molar-refractivity contribution in [2.75, 3.05) is 6.61 Å². The van der Waals surface area contributed by atoms with E-state index in [1.807, 2.05) is 11.3 Å². The third-order valence-electron chi connectivity index (χ3n) is 3.23. The molecular formula is C17H26O2S. The highest BCUT2D eigenvalue weighted by atomic mass is 32.1. The highest BCUT2D eigenvalue weighted by Gasteiger charge is 2.01. The Morgan fingerprint density at radius 3 is 2.40 bits per heavy atom. The number of rotatable bonds is 11. The Bertz CT molecular complexity index is 382. The van der Waals surface area contributed by atoms with Crippen LogP contribution in [0, 0.1) is 0 Å². The first-order valence-electron chi connectivity index (χ1n) is 7.55. The Morgan fingerprint density at radius 1 is 1.15 bits per heavy atom. The predicted molar refractivity (Wildman–Crippen MR) is 86.1 cm³/mol. The number of thiophene rings is 1. The molecule has 1 heterocycles. The number of ether oxygens (including phenoxy) is 1. The summed E-state index contributed by atoms with van der Waals surface area (Å²) in [6.07, 6.45) is 9.82. The van der Waals surface area contributed by atoms with Gasteiger partial charge in [0.15, 0.2) is 0 Å². The van der Waals surface area contributed by atoms with Gasteiger partial charge in [-0.3, -0.25) is 0 Å². The molecule has 112 valence electrons. The fraction of sp³-hybridized carbons (Fsp3) is 0.588. The van der Waals surface area contributed by atoms with Crippen molar-refractivity contribution in [3.8, 4) is 0 Å². The molecule has 0 radical (unpaired) electrons. The summed E-state index contributed by atoms with van der Waals surface area (Å²) in [6.45, 7) is 5.77. The summed E-state index contributed by atoms with van der Waals surface area (Å²) >= 11 is 1.86. The third-order valence-corrected chi connectivity index (χ3v) is 4.17. The van der Waals surface area contributed by atoms with Gasteiger partial charge in [0.2, 0.25) is 0 Å². The maximum atomic E-state index is 11.1. The molecule has 1 aromatic heterocycles. The van der Waals surface area contributed by atoms with Crippen LogP contribution in [0.4, 0.5) is 0 Å². The first-order valence-corrected chi connectivity index (χ1v) is 8.43. The number of aryl methyl sites for hydroxylation is 1. The highest BCUT2D eigenvalue weighted by Crippen LogP contribution is 2.14. The van der Waals surface area contributed by atoms with Gasteiger partial charge in [0, 0.05) is 10.5 Å². The molecular weight excluding hydrogens is 268 g/mol. The lowest BCUT2D eigenvalue weighted by Crippen LogP contribution is -2.05. The Morgan fingerprint density at radius 2 is 1.80 bits per heavy atom. The molecule has 0 aliphatic rings. The molecule has 3 heteroatoms. The first kappa shape index (κ1) is 17.0. The van der Waals surface area contributed by atoms with Crippen molar-refractivity contribution in [1.82, 2.24) is 0 Å². The van der Waals surface area contributed by atoms with E-state index < -0.39 is 0 Å². The second-order valence-electron chi connectivity index (χ2n) is 5.22. The van der Waals surface area contributed by atoms with Gasteiger partial charge in [0.05, 0.1) is 6.61 Å². The number of carbonyl (C=O) groups excluding carboxylic acids is 1. The molecule has 1 rings (SSSR count). The van der Waals surface area contributed by atoms with Crippen LogP contribution in [-0.4, -0.2) is 12.6 Å². The number of hydrogen-bond acceptors (Lipinski definition) is 3. The molecule has 0 aliphatic carbocycles. The van der Waals surface area contributed by atoms with Gasteiger partial charge in [0.25, 0.3) is 0 Å². The molecule has 0 atom stereocenters. The monoisotopic (exact) mass is 294 g/mol. The van der Waals surface area contributed by atoms with Crippen molar-refractivity contribution < 1.29 is 9.53 Å². The molecule has 0 saturated heterocycles. The average Bonchev–Trinajstić information content (AvgIpc) is 2.93. The van der Waals surface area contributed by atoms with E-state index in [4.69, 9.17) is 4.74 Å². The molecule has 0 amide bonds. The summed E-state index contributed by atoms with van der Waals surface area (Å²) < 4.78 is 5.05. The minimum Gasteiger partial charge on any atom is -0.462 e. The van der Waals surface area contributed by atoms with Gasteiger partial charge < -0.3 is 4.74 Å². The number of hydrogen-bond donors (Lipinski definition) is 0. The predicted octanol–water partition coefficient (Wildman–Crippen LogP) is 5.14. The van der Waals surface area contributed by atoms with Crippen molar-refractivity contribution in [3.63, 3.8) is 0 Å². The molecule has 0 saturated carbocycles. The second-order valence-corrected chi connectivity index (χ2v) is 6.25. The molecule has 0 fully saturated rings. The van der Waals surface area contributed by atoms with Crippen molar-refractivity contribution in [1.29, 1.82) is 0 Å². The van der Waals surface area contributed by atoms with Gasteiger partial charge in [-0.25, -0.2) is 4.79 Å². The Kier molecular flexibility index (Phi) is 9.05. The fourth-order valence-electron chi connectivity index (χ4n) is 2.03. The first-order chi connectivity index (χ1) is 9.70. The Balaban J connectivity index is 1.81. The standard InChI is InChI=1S/C17H26O2S/c1-15(2)17(18)19-13-9-7-5-3-4-6-8-11-16-12-10-14-20-16/h10,12,14H,1,3-9,11,13H2,2H3. The summed E-state index contributed by atoms with van der Waals surface area (Å²) in [5.74, 6) is -0.265. The van der Waals surface area contributed by atoms with Crippen LogP contribution in [0.3, 0.4) is 0 Å². The Hall–Kier alpha value is -1.09. The van der Waals surface area contributed by atoms with E-state index in [-0.39, 0.29) is 5.97 Å². The zero-order valence-corrected chi connectivity index (χ0v) is 13.3. The molecule has 0 aromatic carbocycles. The van der Waals surface area contributed by atoms with Crippen LogP contribution >= 0.6 is 11.3 Å². The SMILES string of the molecule is C=C(C)C(=O)OCCCCCCCCCc1cccs1. The van der Waals surface area contributed by atoms with Crippen molar-refractivity contribution in [2.45, 2.75) is 58.3 Å². The lowest BCUT2D eigenvalue weighted by atomic mass is 10.1. The third kappa shape index (κ3) is 8.16. The van der Waals surface area contributed by atoms with Gasteiger partial charge in [-0.05, 0) is 37.6 Å². The van der Waals surface area contributed by atoms with Crippen LogP contribution in [0.25, 0.3) is 0 Å². The second kappa shape index (κ2) is 10.7. The van der Waals surface area contributed by atoms with Crippen LogP contribution in [0.2, 0.25) is 0 Å². The zero-order valence-electron chi connectivity index (χ0n) is 12.5. The summed E-state index contributed by atoms with van der Waals surface area (Å²) in [5.41, 5.74) is 0.482. The summed E-state index contributed by atoms with van der Waals surface area (Å²) in [5, 5.41) is 2.15. The molecule has 1 aromatic rings. The van der Waals surface area contributed by atoms with Crippen molar-refractivity contribution in [3.05, 3.63) is 34.5 Å². The number of unbranched alkanes of at least 4 members (excludes halogenated alkanes) is 6. The minimum atomic E-state index is -0.265. The molecule has 0 unspecified atom stereocenters. The maximum absolute atomic E-state index is 11.1. The number of carbonyl (C=O) groups is 1. The minimum absolute atomic E-state index is 0.265. The molecule has 20 heavy (non-hydrogen) atoms. The Labute approximate surface area is 126 Å². The largest absolute Gasteiger partial charge is 0.462 e. The lowest BCUT2D eigenvalue weighted by molar-refractivity contribution is -0.139. The van der Waals surface area contributed by atoms with Crippen LogP contribution in [0.15, 0.2) is 29.7 Å². The van der Waals surface area contributed by atoms with E-state index in [1.165, 1.54) is 43.4 Å².